The first-order valence-electron chi connectivity index (χ1n) is 4.15. The van der Waals surface area contributed by atoms with Crippen LogP contribution in [0.1, 0.15) is 11.8 Å². The molecule has 70 valence electrons. The summed E-state index contributed by atoms with van der Waals surface area (Å²) in [7, 11) is 0. The van der Waals surface area contributed by atoms with Crippen molar-refractivity contribution in [2.45, 2.75) is 19.5 Å². The van der Waals surface area contributed by atoms with Crippen LogP contribution in [0.3, 0.4) is 0 Å². The van der Waals surface area contributed by atoms with Crippen LogP contribution in [0.5, 0.6) is 0 Å². The fraction of sp³-hybridized carbons (Fsp3) is 0.571. The molecule has 2 N–H and O–H groups in total. The smallest absolute Gasteiger partial charge is 0.191 e. The van der Waals surface area contributed by atoms with Gasteiger partial charge in [-0.15, -0.1) is 5.10 Å². The maximum atomic E-state index is 4.27. The molecular formula is C7H11N5S. The molecule has 0 aromatic carbocycles. The molecule has 0 bridgehead atoms. The van der Waals surface area contributed by atoms with Gasteiger partial charge in [0.05, 0.1) is 24.2 Å². The molecular weight excluding hydrogens is 186 g/mol. The minimum atomic E-state index is 0.446. The summed E-state index contributed by atoms with van der Waals surface area (Å²) < 4.78 is 3.77. The molecule has 0 saturated heterocycles. The van der Waals surface area contributed by atoms with Crippen molar-refractivity contribution in [2.24, 2.45) is 4.99 Å². The molecule has 0 aliphatic carbocycles. The van der Waals surface area contributed by atoms with E-state index in [1.165, 1.54) is 11.5 Å². The monoisotopic (exact) mass is 197 g/mol. The van der Waals surface area contributed by atoms with Gasteiger partial charge >= 0.3 is 0 Å². The Balaban J connectivity index is 1.81. The van der Waals surface area contributed by atoms with E-state index in [1.54, 1.807) is 6.20 Å². The van der Waals surface area contributed by atoms with Crippen LogP contribution in [0.2, 0.25) is 0 Å². The zero-order chi connectivity index (χ0) is 9.10. The average Bonchev–Trinajstić information content (AvgIpc) is 2.71. The highest BCUT2D eigenvalue weighted by molar-refractivity contribution is 7.05. The standard InChI is InChI=1S/C7H11N5S/c1-5-2-8-7(11-5)9-3-6-4-10-12-13-6/h4-5H,2-3H2,1H3,(H2,8,9,11). The van der Waals surface area contributed by atoms with Gasteiger partial charge in [0.15, 0.2) is 5.96 Å². The van der Waals surface area contributed by atoms with Gasteiger partial charge in [0.25, 0.3) is 0 Å². The van der Waals surface area contributed by atoms with Crippen LogP contribution in [0.25, 0.3) is 0 Å². The fourth-order valence-electron chi connectivity index (χ4n) is 1.10. The number of rotatable bonds is 2. The number of hydrogen-bond donors (Lipinski definition) is 2. The van der Waals surface area contributed by atoms with Crippen LogP contribution in [0, 0.1) is 0 Å². The van der Waals surface area contributed by atoms with Crippen molar-refractivity contribution in [2.75, 3.05) is 6.54 Å². The quantitative estimate of drug-likeness (QED) is 0.699. The Morgan fingerprint density at radius 1 is 1.77 bits per heavy atom. The van der Waals surface area contributed by atoms with Gasteiger partial charge in [-0.2, -0.15) is 0 Å². The van der Waals surface area contributed by atoms with Gasteiger partial charge in [0.2, 0.25) is 0 Å². The van der Waals surface area contributed by atoms with E-state index in [-0.39, 0.29) is 0 Å². The molecule has 1 aliphatic heterocycles. The molecule has 0 radical (unpaired) electrons. The van der Waals surface area contributed by atoms with Gasteiger partial charge in [0, 0.05) is 6.04 Å². The Morgan fingerprint density at radius 3 is 3.31 bits per heavy atom. The Hall–Kier alpha value is -1.17. The lowest BCUT2D eigenvalue weighted by Crippen LogP contribution is -2.36. The maximum Gasteiger partial charge on any atom is 0.191 e. The largest absolute Gasteiger partial charge is 0.352 e. The summed E-state index contributed by atoms with van der Waals surface area (Å²) in [5, 5.41) is 10.2. The second kappa shape index (κ2) is 3.69. The first kappa shape index (κ1) is 8.43. The molecule has 13 heavy (non-hydrogen) atoms. The first-order valence-corrected chi connectivity index (χ1v) is 4.93. The van der Waals surface area contributed by atoms with Gasteiger partial charge in [0.1, 0.15) is 0 Å². The van der Waals surface area contributed by atoms with E-state index >= 15 is 0 Å². The predicted octanol–water partition coefficient (Wildman–Crippen LogP) is -0.0246. The van der Waals surface area contributed by atoms with Gasteiger partial charge < -0.3 is 10.6 Å². The van der Waals surface area contributed by atoms with E-state index in [9.17, 15) is 0 Å². The van der Waals surface area contributed by atoms with Crippen molar-refractivity contribution in [1.29, 1.82) is 0 Å². The second-order valence-corrected chi connectivity index (χ2v) is 3.84. The van der Waals surface area contributed by atoms with Gasteiger partial charge in [-0.3, -0.25) is 4.99 Å². The normalized spacial score (nSPS) is 21.0. The molecule has 1 aliphatic rings. The van der Waals surface area contributed by atoms with Crippen molar-refractivity contribution in [1.82, 2.24) is 20.2 Å². The number of aliphatic imine (C=N–C) groups is 1. The lowest BCUT2D eigenvalue weighted by molar-refractivity contribution is 0.714. The lowest BCUT2D eigenvalue weighted by Gasteiger charge is -2.06. The minimum Gasteiger partial charge on any atom is -0.352 e. The third-order valence-electron chi connectivity index (χ3n) is 1.74. The van der Waals surface area contributed by atoms with Crippen LogP contribution < -0.4 is 10.6 Å². The molecule has 0 spiro atoms. The molecule has 0 amide bonds. The highest BCUT2D eigenvalue weighted by Crippen LogP contribution is 2.01. The van der Waals surface area contributed by atoms with Crippen molar-refractivity contribution in [3.63, 3.8) is 0 Å². The van der Waals surface area contributed by atoms with E-state index in [1.807, 2.05) is 0 Å². The van der Waals surface area contributed by atoms with E-state index in [0.717, 1.165) is 23.9 Å². The zero-order valence-electron chi connectivity index (χ0n) is 7.32. The third-order valence-corrected chi connectivity index (χ3v) is 2.40. The molecule has 1 aromatic heterocycles. The molecule has 2 heterocycles. The summed E-state index contributed by atoms with van der Waals surface area (Å²) in [5.41, 5.74) is 0. The Labute approximate surface area is 80.4 Å². The summed E-state index contributed by atoms with van der Waals surface area (Å²) in [6.45, 7) is 3.70. The fourth-order valence-corrected chi connectivity index (χ4v) is 1.53. The van der Waals surface area contributed by atoms with Crippen LogP contribution in [-0.2, 0) is 6.54 Å². The van der Waals surface area contributed by atoms with Crippen molar-refractivity contribution < 1.29 is 0 Å². The van der Waals surface area contributed by atoms with Crippen molar-refractivity contribution in [3.05, 3.63) is 11.1 Å². The van der Waals surface area contributed by atoms with Gasteiger partial charge in [-0.05, 0) is 18.5 Å². The molecule has 0 fully saturated rings. The molecule has 2 rings (SSSR count). The summed E-state index contributed by atoms with van der Waals surface area (Å²) >= 11 is 1.40. The van der Waals surface area contributed by atoms with Crippen LogP contribution in [-0.4, -0.2) is 28.1 Å². The number of guanidine groups is 1. The van der Waals surface area contributed by atoms with E-state index in [2.05, 4.69) is 32.1 Å². The first-order chi connectivity index (χ1) is 6.34. The minimum absolute atomic E-state index is 0.446. The Kier molecular flexibility index (Phi) is 2.40. The number of aromatic nitrogens is 2. The second-order valence-electron chi connectivity index (χ2n) is 2.97. The highest BCUT2D eigenvalue weighted by atomic mass is 32.1. The highest BCUT2D eigenvalue weighted by Gasteiger charge is 2.11. The number of hydrogen-bond acceptors (Lipinski definition) is 6. The van der Waals surface area contributed by atoms with Crippen LogP contribution >= 0.6 is 11.5 Å². The van der Waals surface area contributed by atoms with Crippen LogP contribution in [0.4, 0.5) is 0 Å². The van der Waals surface area contributed by atoms with Gasteiger partial charge in [-0.1, -0.05) is 4.49 Å². The number of nitrogens with one attached hydrogen (secondary N) is 2. The summed E-state index contributed by atoms with van der Waals surface area (Å²) in [6, 6.07) is 0.446. The molecule has 1 aromatic rings. The van der Waals surface area contributed by atoms with Crippen LogP contribution in [0.15, 0.2) is 11.2 Å². The van der Waals surface area contributed by atoms with Crippen molar-refractivity contribution in [3.8, 4) is 0 Å². The zero-order valence-corrected chi connectivity index (χ0v) is 8.14. The Bertz CT molecular complexity index is 294. The van der Waals surface area contributed by atoms with E-state index in [4.69, 9.17) is 0 Å². The van der Waals surface area contributed by atoms with Gasteiger partial charge in [-0.25, -0.2) is 0 Å². The maximum absolute atomic E-state index is 4.27. The van der Waals surface area contributed by atoms with E-state index < -0.39 is 0 Å². The molecule has 0 saturated carbocycles. The summed E-state index contributed by atoms with van der Waals surface area (Å²) in [6.07, 6.45) is 1.76. The van der Waals surface area contributed by atoms with Crippen molar-refractivity contribution >= 4 is 17.5 Å². The molecule has 6 heteroatoms. The third kappa shape index (κ3) is 2.15. The topological polar surface area (TPSA) is 62.2 Å². The molecule has 5 nitrogen and oxygen atoms in total. The predicted molar refractivity (Wildman–Crippen MR) is 51.6 cm³/mol. The Morgan fingerprint density at radius 2 is 2.69 bits per heavy atom. The SMILES string of the molecule is CC1CN=C(NCc2cnns2)N1. The summed E-state index contributed by atoms with van der Waals surface area (Å²) in [5.74, 6) is 0.876. The van der Waals surface area contributed by atoms with E-state index in [0.29, 0.717) is 6.04 Å². The lowest BCUT2D eigenvalue weighted by atomic mass is 10.4. The molecule has 1 unspecified atom stereocenters. The summed E-state index contributed by atoms with van der Waals surface area (Å²) in [4.78, 5) is 5.39. The average molecular weight is 197 g/mol. The number of nitrogens with zero attached hydrogens (tertiary/aromatic N) is 3. The molecule has 1 atom stereocenters.